The highest BCUT2D eigenvalue weighted by Crippen LogP contribution is 2.18. The Kier molecular flexibility index (Phi) is 5.28. The van der Waals surface area contributed by atoms with Gasteiger partial charge in [0.2, 0.25) is 5.95 Å². The van der Waals surface area contributed by atoms with Gasteiger partial charge in [-0.15, -0.1) is 0 Å². The van der Waals surface area contributed by atoms with Gasteiger partial charge in [0.1, 0.15) is 0 Å². The van der Waals surface area contributed by atoms with Crippen LogP contribution in [0.25, 0.3) is 0 Å². The van der Waals surface area contributed by atoms with E-state index in [1.165, 1.54) is 6.20 Å². The Morgan fingerprint density at radius 3 is 2.81 bits per heavy atom. The van der Waals surface area contributed by atoms with Crippen LogP contribution in [0.2, 0.25) is 10.2 Å². The van der Waals surface area contributed by atoms with E-state index in [0.29, 0.717) is 23.9 Å². The minimum atomic E-state index is -0.786. The summed E-state index contributed by atoms with van der Waals surface area (Å²) in [6, 6.07) is 0. The van der Waals surface area contributed by atoms with Crippen LogP contribution in [0, 0.1) is 0 Å². The van der Waals surface area contributed by atoms with Crippen LogP contribution in [0.1, 0.15) is 19.3 Å². The number of anilines is 1. The summed E-state index contributed by atoms with van der Waals surface area (Å²) in [4.78, 5) is 18.1. The Morgan fingerprint density at radius 1 is 1.44 bits per heavy atom. The first-order valence-corrected chi connectivity index (χ1v) is 5.49. The molecule has 0 saturated heterocycles. The molecule has 1 heterocycles. The normalized spacial score (nSPS) is 10.1. The summed E-state index contributed by atoms with van der Waals surface area (Å²) < 4.78 is 0. The molecule has 16 heavy (non-hydrogen) atoms. The number of aromatic nitrogens is 2. The van der Waals surface area contributed by atoms with Gasteiger partial charge in [0, 0.05) is 13.0 Å². The standard InChI is InChI=1S/C9H11Cl2N3O2/c10-6-5-13-9(14-8(6)11)12-4-2-1-3-7(15)16/h5H,1-4H2,(H,15,16)(H,12,13,14). The van der Waals surface area contributed by atoms with Crippen LogP contribution < -0.4 is 5.32 Å². The lowest BCUT2D eigenvalue weighted by molar-refractivity contribution is -0.137. The molecular formula is C9H11Cl2N3O2. The van der Waals surface area contributed by atoms with Crippen molar-refractivity contribution in [2.24, 2.45) is 0 Å². The van der Waals surface area contributed by atoms with Gasteiger partial charge in [-0.25, -0.2) is 4.98 Å². The molecule has 0 spiro atoms. The Hall–Kier alpha value is -1.07. The maximum atomic E-state index is 10.2. The van der Waals surface area contributed by atoms with E-state index >= 15 is 0 Å². The van der Waals surface area contributed by atoms with E-state index in [1.807, 2.05) is 0 Å². The van der Waals surface area contributed by atoms with Gasteiger partial charge in [0.25, 0.3) is 0 Å². The minimum Gasteiger partial charge on any atom is -0.481 e. The Morgan fingerprint density at radius 2 is 2.19 bits per heavy atom. The van der Waals surface area contributed by atoms with E-state index in [4.69, 9.17) is 28.3 Å². The average Bonchev–Trinajstić information content (AvgIpc) is 2.22. The fourth-order valence-electron chi connectivity index (χ4n) is 1.03. The first-order chi connectivity index (χ1) is 7.59. The van der Waals surface area contributed by atoms with Crippen molar-refractivity contribution in [3.05, 3.63) is 16.4 Å². The lowest BCUT2D eigenvalue weighted by atomic mass is 10.2. The Balaban J connectivity index is 2.27. The third-order valence-electron chi connectivity index (χ3n) is 1.80. The molecule has 88 valence electrons. The summed E-state index contributed by atoms with van der Waals surface area (Å²) in [5.41, 5.74) is 0. The quantitative estimate of drug-likeness (QED) is 0.609. The number of carboxylic acids is 1. The van der Waals surface area contributed by atoms with Crippen molar-refractivity contribution >= 4 is 35.1 Å². The molecule has 0 unspecified atom stereocenters. The summed E-state index contributed by atoms with van der Waals surface area (Å²) in [7, 11) is 0. The van der Waals surface area contributed by atoms with E-state index in [-0.39, 0.29) is 11.6 Å². The topological polar surface area (TPSA) is 75.1 Å². The second-order valence-corrected chi connectivity index (χ2v) is 3.88. The minimum absolute atomic E-state index is 0.171. The third-order valence-corrected chi connectivity index (χ3v) is 2.46. The summed E-state index contributed by atoms with van der Waals surface area (Å²) in [6.07, 6.45) is 2.93. The molecule has 0 bridgehead atoms. The number of rotatable bonds is 6. The summed E-state index contributed by atoms with van der Waals surface area (Å²) in [5.74, 6) is -0.393. The maximum absolute atomic E-state index is 10.2. The third kappa shape index (κ3) is 4.63. The number of carbonyl (C=O) groups is 1. The summed E-state index contributed by atoms with van der Waals surface area (Å²) >= 11 is 11.3. The monoisotopic (exact) mass is 263 g/mol. The van der Waals surface area contributed by atoms with Crippen molar-refractivity contribution in [1.29, 1.82) is 0 Å². The molecule has 1 aromatic heterocycles. The highest BCUT2D eigenvalue weighted by molar-refractivity contribution is 6.41. The number of aliphatic carboxylic acids is 1. The molecule has 0 aliphatic heterocycles. The molecule has 0 aliphatic carbocycles. The number of halogens is 2. The molecule has 0 aliphatic rings. The van der Waals surface area contributed by atoms with Crippen LogP contribution in [0.15, 0.2) is 6.20 Å². The zero-order chi connectivity index (χ0) is 12.0. The SMILES string of the molecule is O=C(O)CCCCNc1ncc(Cl)c(Cl)n1. The number of carboxylic acid groups (broad SMARTS) is 1. The van der Waals surface area contributed by atoms with Crippen LogP contribution in [0.4, 0.5) is 5.95 Å². The van der Waals surface area contributed by atoms with Crippen molar-refractivity contribution in [3.8, 4) is 0 Å². The zero-order valence-electron chi connectivity index (χ0n) is 8.41. The van der Waals surface area contributed by atoms with E-state index in [1.54, 1.807) is 0 Å². The smallest absolute Gasteiger partial charge is 0.303 e. The van der Waals surface area contributed by atoms with Crippen LogP contribution in [0.3, 0.4) is 0 Å². The molecule has 5 nitrogen and oxygen atoms in total. The van der Waals surface area contributed by atoms with Crippen molar-refractivity contribution in [2.45, 2.75) is 19.3 Å². The Labute approximate surface area is 103 Å². The summed E-state index contributed by atoms with van der Waals surface area (Å²) in [6.45, 7) is 0.602. The van der Waals surface area contributed by atoms with Crippen molar-refractivity contribution in [2.75, 3.05) is 11.9 Å². The van der Waals surface area contributed by atoms with Crippen molar-refractivity contribution < 1.29 is 9.90 Å². The molecule has 1 aromatic rings. The molecule has 0 radical (unpaired) electrons. The molecule has 0 aromatic carbocycles. The first kappa shape index (κ1) is 13.0. The average molecular weight is 264 g/mol. The highest BCUT2D eigenvalue weighted by atomic mass is 35.5. The van der Waals surface area contributed by atoms with Gasteiger partial charge in [-0.1, -0.05) is 23.2 Å². The number of nitrogens with zero attached hydrogens (tertiary/aromatic N) is 2. The first-order valence-electron chi connectivity index (χ1n) is 4.73. The van der Waals surface area contributed by atoms with Crippen molar-refractivity contribution in [3.63, 3.8) is 0 Å². The van der Waals surface area contributed by atoms with Gasteiger partial charge in [-0.2, -0.15) is 4.98 Å². The summed E-state index contributed by atoms with van der Waals surface area (Å²) in [5, 5.41) is 11.9. The lowest BCUT2D eigenvalue weighted by Gasteiger charge is -2.04. The highest BCUT2D eigenvalue weighted by Gasteiger charge is 2.02. The van der Waals surface area contributed by atoms with Crippen LogP contribution in [-0.4, -0.2) is 27.6 Å². The Bertz CT molecular complexity index is 374. The second kappa shape index (κ2) is 6.50. The molecular weight excluding hydrogens is 253 g/mol. The largest absolute Gasteiger partial charge is 0.481 e. The number of hydrogen-bond acceptors (Lipinski definition) is 4. The molecule has 7 heteroatoms. The maximum Gasteiger partial charge on any atom is 0.303 e. The fraction of sp³-hybridized carbons (Fsp3) is 0.444. The van der Waals surface area contributed by atoms with E-state index < -0.39 is 5.97 Å². The second-order valence-electron chi connectivity index (χ2n) is 3.11. The van der Waals surface area contributed by atoms with Crippen LogP contribution in [0.5, 0.6) is 0 Å². The molecule has 0 fully saturated rings. The van der Waals surface area contributed by atoms with Crippen LogP contribution in [-0.2, 0) is 4.79 Å². The predicted molar refractivity (Wildman–Crippen MR) is 62.0 cm³/mol. The van der Waals surface area contributed by atoms with Gasteiger partial charge in [-0.05, 0) is 12.8 Å². The number of unbranched alkanes of at least 4 members (excludes halogenated alkanes) is 1. The van der Waals surface area contributed by atoms with Gasteiger partial charge >= 0.3 is 5.97 Å². The van der Waals surface area contributed by atoms with Gasteiger partial charge in [0.05, 0.1) is 11.2 Å². The molecule has 2 N–H and O–H groups in total. The van der Waals surface area contributed by atoms with E-state index in [9.17, 15) is 4.79 Å². The van der Waals surface area contributed by atoms with Crippen molar-refractivity contribution in [1.82, 2.24) is 9.97 Å². The zero-order valence-corrected chi connectivity index (χ0v) is 9.92. The predicted octanol–water partition coefficient (Wildman–Crippen LogP) is 2.45. The van der Waals surface area contributed by atoms with Gasteiger partial charge in [-0.3, -0.25) is 4.79 Å². The van der Waals surface area contributed by atoms with E-state index in [2.05, 4.69) is 15.3 Å². The van der Waals surface area contributed by atoms with Crippen LogP contribution >= 0.6 is 23.2 Å². The number of hydrogen-bond donors (Lipinski definition) is 2. The molecule has 0 atom stereocenters. The fourth-order valence-corrected chi connectivity index (χ4v) is 1.25. The van der Waals surface area contributed by atoms with E-state index in [0.717, 1.165) is 6.42 Å². The molecule has 1 rings (SSSR count). The van der Waals surface area contributed by atoms with Gasteiger partial charge < -0.3 is 10.4 Å². The van der Waals surface area contributed by atoms with Gasteiger partial charge in [0.15, 0.2) is 5.15 Å². The molecule has 0 saturated carbocycles. The number of nitrogens with one attached hydrogen (secondary N) is 1. The lowest BCUT2D eigenvalue weighted by Crippen LogP contribution is -2.06. The molecule has 0 amide bonds.